The van der Waals surface area contributed by atoms with Gasteiger partial charge in [0.05, 0.1) is 24.9 Å². The molecular weight excluding hydrogens is 212 g/mol. The molecule has 0 radical (unpaired) electrons. The molecule has 0 saturated carbocycles. The second-order valence-corrected chi connectivity index (χ2v) is 3.38. The van der Waals surface area contributed by atoms with Crippen molar-refractivity contribution < 1.29 is 20.1 Å². The van der Waals surface area contributed by atoms with Crippen LogP contribution in [0.5, 0.6) is 0 Å². The largest absolute Gasteiger partial charge is 0.478 e. The van der Waals surface area contributed by atoms with Gasteiger partial charge in [0.15, 0.2) is 0 Å². The van der Waals surface area contributed by atoms with Crippen molar-refractivity contribution in [3.63, 3.8) is 0 Å². The van der Waals surface area contributed by atoms with E-state index in [1.54, 1.807) is 13.0 Å². The number of nitrogens with zero attached hydrogens (tertiary/aromatic N) is 1. The maximum Gasteiger partial charge on any atom is 0.339 e. The molecule has 0 atom stereocenters. The number of carboxylic acid groups (broad SMARTS) is 1. The van der Waals surface area contributed by atoms with E-state index in [1.807, 2.05) is 0 Å². The molecular formula is C10H14N2O4. The topological polar surface area (TPSA) is 103 Å². The maximum atomic E-state index is 10.9. The second kappa shape index (κ2) is 5.43. The van der Waals surface area contributed by atoms with E-state index >= 15 is 0 Å². The lowest BCUT2D eigenvalue weighted by molar-refractivity contribution is 0.0697. The molecule has 1 aromatic rings. The summed E-state index contributed by atoms with van der Waals surface area (Å²) in [5.41, 5.74) is 1.01. The van der Waals surface area contributed by atoms with Crippen LogP contribution >= 0.6 is 0 Å². The van der Waals surface area contributed by atoms with E-state index in [0.717, 1.165) is 0 Å². The highest BCUT2D eigenvalue weighted by Gasteiger charge is 2.14. The summed E-state index contributed by atoms with van der Waals surface area (Å²) in [7, 11) is 0. The Bertz CT molecular complexity index is 377. The summed E-state index contributed by atoms with van der Waals surface area (Å²) in [5.74, 6) is -1.11. The number of hydrogen-bond donors (Lipinski definition) is 4. The van der Waals surface area contributed by atoms with E-state index in [4.69, 9.17) is 15.3 Å². The van der Waals surface area contributed by atoms with Crippen LogP contribution in [0.1, 0.15) is 16.1 Å². The third-order valence-electron chi connectivity index (χ3n) is 2.07. The van der Waals surface area contributed by atoms with E-state index in [9.17, 15) is 4.79 Å². The molecule has 16 heavy (non-hydrogen) atoms. The van der Waals surface area contributed by atoms with E-state index in [1.165, 1.54) is 6.20 Å². The van der Waals surface area contributed by atoms with E-state index in [-0.39, 0.29) is 18.8 Å². The molecule has 0 spiro atoms. The Morgan fingerprint density at radius 2 is 2.12 bits per heavy atom. The van der Waals surface area contributed by atoms with Crippen LogP contribution in [0.2, 0.25) is 0 Å². The molecule has 1 aromatic heterocycles. The van der Waals surface area contributed by atoms with Crippen LogP contribution < -0.4 is 5.32 Å². The van der Waals surface area contributed by atoms with E-state index in [0.29, 0.717) is 11.4 Å². The second-order valence-electron chi connectivity index (χ2n) is 3.38. The monoisotopic (exact) mass is 226 g/mol. The van der Waals surface area contributed by atoms with Gasteiger partial charge in [0, 0.05) is 11.9 Å². The molecule has 0 aromatic carbocycles. The van der Waals surface area contributed by atoms with Gasteiger partial charge in [-0.1, -0.05) is 0 Å². The molecule has 1 rings (SSSR count). The molecule has 0 amide bonds. The number of carboxylic acids is 1. The van der Waals surface area contributed by atoms with Gasteiger partial charge in [-0.25, -0.2) is 4.79 Å². The fourth-order valence-electron chi connectivity index (χ4n) is 1.22. The van der Waals surface area contributed by atoms with Gasteiger partial charge >= 0.3 is 5.97 Å². The van der Waals surface area contributed by atoms with Crippen molar-refractivity contribution in [2.75, 3.05) is 18.5 Å². The molecule has 0 saturated heterocycles. The third kappa shape index (κ3) is 2.91. The number of hydrogen-bond acceptors (Lipinski definition) is 5. The molecule has 4 N–H and O–H groups in total. The van der Waals surface area contributed by atoms with Crippen LogP contribution in [0, 0.1) is 6.92 Å². The summed E-state index contributed by atoms with van der Waals surface area (Å²) in [6, 6.07) is 0.974. The standard InChI is InChI=1S/C10H14N2O4/c1-6-2-9(12-7(4-13)5-14)8(3-11-6)10(15)16/h2-3,7,13-14H,4-5H2,1H3,(H,11,12)(H,15,16). The fraction of sp³-hybridized carbons (Fsp3) is 0.400. The Balaban J connectivity index is 3.00. The van der Waals surface area contributed by atoms with Crippen LogP contribution in [0.15, 0.2) is 12.3 Å². The number of aryl methyl sites for hydroxylation is 1. The van der Waals surface area contributed by atoms with Crippen LogP contribution in [0.25, 0.3) is 0 Å². The number of carbonyl (C=O) groups is 1. The van der Waals surface area contributed by atoms with Gasteiger partial charge in [0.1, 0.15) is 5.56 Å². The van der Waals surface area contributed by atoms with Gasteiger partial charge in [0.2, 0.25) is 0 Å². The van der Waals surface area contributed by atoms with Crippen LogP contribution in [0.4, 0.5) is 5.69 Å². The summed E-state index contributed by atoms with van der Waals surface area (Å²) < 4.78 is 0. The average Bonchev–Trinajstić information content (AvgIpc) is 2.25. The molecule has 0 aliphatic carbocycles. The zero-order valence-electron chi connectivity index (χ0n) is 8.84. The average molecular weight is 226 g/mol. The molecule has 0 aliphatic rings. The summed E-state index contributed by atoms with van der Waals surface area (Å²) >= 11 is 0. The SMILES string of the molecule is Cc1cc(NC(CO)CO)c(C(=O)O)cn1. The first-order valence-electron chi connectivity index (χ1n) is 4.76. The van der Waals surface area contributed by atoms with Gasteiger partial charge in [-0.15, -0.1) is 0 Å². The Morgan fingerprint density at radius 3 is 2.62 bits per heavy atom. The van der Waals surface area contributed by atoms with Crippen molar-refractivity contribution in [1.82, 2.24) is 4.98 Å². The highest BCUT2D eigenvalue weighted by molar-refractivity contribution is 5.93. The number of nitrogens with one attached hydrogen (secondary N) is 1. The lowest BCUT2D eigenvalue weighted by atomic mass is 10.2. The van der Waals surface area contributed by atoms with Crippen molar-refractivity contribution in [1.29, 1.82) is 0 Å². The molecule has 0 aliphatic heterocycles. The molecule has 88 valence electrons. The minimum atomic E-state index is -1.11. The Labute approximate surface area is 92.6 Å². The summed E-state index contributed by atoms with van der Waals surface area (Å²) in [6.07, 6.45) is 1.24. The number of aromatic nitrogens is 1. The number of aliphatic hydroxyl groups is 2. The number of aromatic carboxylic acids is 1. The first-order valence-corrected chi connectivity index (χ1v) is 4.76. The quantitative estimate of drug-likeness (QED) is 0.557. The van der Waals surface area contributed by atoms with Crippen LogP contribution in [-0.2, 0) is 0 Å². The fourth-order valence-corrected chi connectivity index (χ4v) is 1.22. The predicted octanol–water partition coefficient (Wildman–Crippen LogP) is -0.147. The number of anilines is 1. The highest BCUT2D eigenvalue weighted by Crippen LogP contribution is 2.16. The van der Waals surface area contributed by atoms with Gasteiger partial charge in [-0.3, -0.25) is 4.98 Å². The zero-order valence-corrected chi connectivity index (χ0v) is 8.84. The van der Waals surface area contributed by atoms with Crippen molar-refractivity contribution in [3.8, 4) is 0 Å². The highest BCUT2D eigenvalue weighted by atomic mass is 16.4. The molecule has 6 nitrogen and oxygen atoms in total. The van der Waals surface area contributed by atoms with Gasteiger partial charge in [-0.2, -0.15) is 0 Å². The molecule has 0 fully saturated rings. The van der Waals surface area contributed by atoms with Gasteiger partial charge in [0.25, 0.3) is 0 Å². The van der Waals surface area contributed by atoms with E-state index < -0.39 is 12.0 Å². The number of aliphatic hydroxyl groups excluding tert-OH is 2. The Hall–Kier alpha value is -1.66. The Morgan fingerprint density at radius 1 is 1.50 bits per heavy atom. The molecule has 1 heterocycles. The molecule has 0 unspecified atom stereocenters. The van der Waals surface area contributed by atoms with E-state index in [2.05, 4.69) is 10.3 Å². The zero-order chi connectivity index (χ0) is 12.1. The summed E-state index contributed by atoms with van der Waals surface area (Å²) in [4.78, 5) is 14.8. The number of pyridine rings is 1. The summed E-state index contributed by atoms with van der Waals surface area (Å²) in [5, 5.41) is 29.5. The lowest BCUT2D eigenvalue weighted by Gasteiger charge is -2.16. The van der Waals surface area contributed by atoms with Crippen molar-refractivity contribution in [2.45, 2.75) is 13.0 Å². The molecule has 6 heteroatoms. The van der Waals surface area contributed by atoms with Gasteiger partial charge in [-0.05, 0) is 13.0 Å². The first kappa shape index (κ1) is 12.4. The smallest absolute Gasteiger partial charge is 0.339 e. The lowest BCUT2D eigenvalue weighted by Crippen LogP contribution is -2.28. The van der Waals surface area contributed by atoms with Gasteiger partial charge < -0.3 is 20.6 Å². The van der Waals surface area contributed by atoms with Crippen molar-refractivity contribution >= 4 is 11.7 Å². The predicted molar refractivity (Wildman–Crippen MR) is 57.5 cm³/mol. The van der Waals surface area contributed by atoms with Crippen LogP contribution in [-0.4, -0.2) is 45.5 Å². The third-order valence-corrected chi connectivity index (χ3v) is 2.07. The van der Waals surface area contributed by atoms with Crippen molar-refractivity contribution in [2.24, 2.45) is 0 Å². The molecule has 0 bridgehead atoms. The maximum absolute atomic E-state index is 10.9. The first-order chi connectivity index (χ1) is 7.58. The summed E-state index contributed by atoms with van der Waals surface area (Å²) in [6.45, 7) is 1.16. The normalized spacial score (nSPS) is 10.5. The minimum absolute atomic E-state index is 0.0116. The van der Waals surface area contributed by atoms with Crippen LogP contribution in [0.3, 0.4) is 0 Å². The van der Waals surface area contributed by atoms with Crippen molar-refractivity contribution in [3.05, 3.63) is 23.5 Å². The number of rotatable bonds is 5. The Kier molecular flexibility index (Phi) is 4.21. The minimum Gasteiger partial charge on any atom is -0.478 e.